The number of halogens is 2. The highest BCUT2D eigenvalue weighted by Gasteiger charge is 2.50. The molecular weight excluding hydrogens is 1460 g/mol. The molecule has 0 aliphatic heterocycles. The van der Waals surface area contributed by atoms with Crippen LogP contribution >= 0.6 is 11.1 Å². The molecule has 1 N–H and O–H groups in total. The molecule has 0 amide bonds. The normalized spacial score (nSPS) is 11.9. The number of unbranched alkanes of at least 4 members (excludes halogenated alkanes) is 8. The number of aliphatic hydroxyl groups excluding tert-OH is 1. The number of hydrogen-bond donors (Lipinski definition) is 1. The van der Waals surface area contributed by atoms with Gasteiger partial charge >= 0.3 is 0 Å². The Kier molecular flexibility index (Phi) is 37.8. The summed E-state index contributed by atoms with van der Waals surface area (Å²) in [6.45, 7) is 16.0. The Bertz CT molecular complexity index is 4210. The fourth-order valence-corrected chi connectivity index (χ4v) is 23.0. The molecule has 598 valence electrons. The third kappa shape index (κ3) is 25.5. The number of rotatable bonds is 36. The average molecular weight is 1580 g/mol. The summed E-state index contributed by atoms with van der Waals surface area (Å²) in [5, 5.41) is 14.2. The van der Waals surface area contributed by atoms with Crippen LogP contribution in [0.5, 0.6) is 23.0 Å². The number of alkyl halides is 1. The predicted octanol–water partition coefficient (Wildman–Crippen LogP) is 22.2. The molecule has 10 nitrogen and oxygen atoms in total. The number of nitrogens with zero attached hydrogens (tertiary/aromatic N) is 2. The summed E-state index contributed by atoms with van der Waals surface area (Å²) in [5.41, 5.74) is 4.90. The zero-order valence-corrected chi connectivity index (χ0v) is 71.3. The number of hydrogen-bond acceptors (Lipinski definition) is 9. The highest BCUT2D eigenvalue weighted by molar-refractivity contribution is 7.35. The van der Waals surface area contributed by atoms with E-state index in [-0.39, 0.29) is 16.7 Å². The van der Waals surface area contributed by atoms with Gasteiger partial charge in [0.25, 0.3) is 8.32 Å². The van der Waals surface area contributed by atoms with Crippen molar-refractivity contribution in [1.82, 2.24) is 9.55 Å². The minimum Gasteiger partial charge on any atom is -0.497 e. The minimum atomic E-state index is -2.48. The summed E-state index contributed by atoms with van der Waals surface area (Å²) >= 11 is 7.21. The SMILES string of the molecule is CC(C)(C)[Si](Cl)(c1ccccc1)c1ccccc1.COc1ccc(C(OCCCCC/C=C/CCCO)(c2ccccc2)c2ccc(OC)cc2)cc1.COc1ccc(C(OCCCCC/C=C/CCCO[Si](c2ccccc2)(c2ccccc2)C(C)(C)C)(c2ccccc2)c2ccc(OC)cc2)cc1.Cn1ccnc1.[2H]CF. The molecular formula is C99H122ClFN2O8Si2. The lowest BCUT2D eigenvalue weighted by Crippen LogP contribution is -2.66. The number of aryl methyl sites for hydroxylation is 1. The van der Waals surface area contributed by atoms with E-state index in [1.807, 2.05) is 90.6 Å². The van der Waals surface area contributed by atoms with Crippen LogP contribution in [0.15, 0.2) is 322 Å². The van der Waals surface area contributed by atoms with Crippen LogP contribution in [0.2, 0.25) is 10.1 Å². The van der Waals surface area contributed by atoms with Crippen LogP contribution < -0.4 is 39.7 Å². The predicted molar refractivity (Wildman–Crippen MR) is 475 cm³/mol. The van der Waals surface area contributed by atoms with Gasteiger partial charge in [0.15, 0.2) is 0 Å². The van der Waals surface area contributed by atoms with E-state index in [4.69, 9.17) is 50.4 Å². The molecule has 0 atom stereocenters. The first-order valence-electron chi connectivity index (χ1n) is 40.3. The van der Waals surface area contributed by atoms with Gasteiger partial charge in [0.05, 0.1) is 43.3 Å². The molecule has 10 aromatic carbocycles. The quantitative estimate of drug-likeness (QED) is 0.0135. The monoisotopic (exact) mass is 1580 g/mol. The molecule has 113 heavy (non-hydrogen) atoms. The van der Waals surface area contributed by atoms with Gasteiger partial charge in [0.1, 0.15) is 34.2 Å². The molecule has 0 saturated carbocycles. The van der Waals surface area contributed by atoms with Crippen molar-refractivity contribution in [2.45, 2.75) is 140 Å². The van der Waals surface area contributed by atoms with Crippen LogP contribution in [-0.2, 0) is 32.1 Å². The zero-order chi connectivity index (χ0) is 81.8. The molecule has 11 aromatic rings. The average Bonchev–Trinajstić information content (AvgIpc) is 0.867. The highest BCUT2D eigenvalue weighted by Crippen LogP contribution is 2.45. The van der Waals surface area contributed by atoms with Crippen LogP contribution in [0.3, 0.4) is 0 Å². The summed E-state index contributed by atoms with van der Waals surface area (Å²) in [6.07, 6.45) is 26.8. The molecule has 11 rings (SSSR count). The molecule has 1 aromatic heterocycles. The zero-order valence-electron chi connectivity index (χ0n) is 69.6. The van der Waals surface area contributed by atoms with Crippen molar-refractivity contribution < 1.29 is 43.7 Å². The van der Waals surface area contributed by atoms with Gasteiger partial charge in [-0.3, -0.25) is 4.39 Å². The minimum absolute atomic E-state index is 0.000692. The lowest BCUT2D eigenvalue weighted by atomic mass is 9.80. The molecule has 14 heteroatoms. The van der Waals surface area contributed by atoms with Gasteiger partial charge in [-0.1, -0.05) is 309 Å². The number of imidazole rings is 1. The van der Waals surface area contributed by atoms with Gasteiger partial charge < -0.3 is 42.5 Å². The van der Waals surface area contributed by atoms with Crippen LogP contribution in [0.4, 0.5) is 4.39 Å². The van der Waals surface area contributed by atoms with Gasteiger partial charge in [0, 0.05) is 45.9 Å². The fourth-order valence-electron chi connectivity index (χ4n) is 14.2. The van der Waals surface area contributed by atoms with Crippen LogP contribution in [0.25, 0.3) is 0 Å². The highest BCUT2D eigenvalue weighted by atomic mass is 35.6. The van der Waals surface area contributed by atoms with Gasteiger partial charge in [-0.25, -0.2) is 4.98 Å². The Balaban J connectivity index is 0.000000246. The maximum atomic E-state index is 9.96. The van der Waals surface area contributed by atoms with Crippen molar-refractivity contribution in [3.8, 4) is 23.0 Å². The Morgan fingerprint density at radius 2 is 0.681 bits per heavy atom. The summed E-state index contributed by atoms with van der Waals surface area (Å²) < 4.78 is 60.1. The van der Waals surface area contributed by atoms with Gasteiger partial charge in [-0.05, 0) is 177 Å². The van der Waals surface area contributed by atoms with E-state index in [0.717, 1.165) is 140 Å². The van der Waals surface area contributed by atoms with E-state index >= 15 is 0 Å². The molecule has 0 aliphatic carbocycles. The lowest BCUT2D eigenvalue weighted by molar-refractivity contribution is 0.0105. The summed E-state index contributed by atoms with van der Waals surface area (Å²) in [6, 6.07) is 96.6. The molecule has 0 radical (unpaired) electrons. The smallest absolute Gasteiger partial charge is 0.261 e. The second-order valence-electron chi connectivity index (χ2n) is 29.7. The van der Waals surface area contributed by atoms with Crippen LogP contribution in [0, 0.1) is 0 Å². The van der Waals surface area contributed by atoms with E-state index in [9.17, 15) is 4.39 Å². The lowest BCUT2D eigenvalue weighted by Gasteiger charge is -2.43. The maximum absolute atomic E-state index is 9.96. The van der Waals surface area contributed by atoms with E-state index in [0.29, 0.717) is 13.2 Å². The topological polar surface area (TPSA) is 103 Å². The van der Waals surface area contributed by atoms with Crippen molar-refractivity contribution in [3.63, 3.8) is 0 Å². The number of benzene rings is 10. The van der Waals surface area contributed by atoms with Crippen molar-refractivity contribution in [1.29, 1.82) is 0 Å². The van der Waals surface area contributed by atoms with E-state index in [2.05, 4.69) is 277 Å². The number of aliphatic hydroxyl groups is 1. The molecule has 0 unspecified atom stereocenters. The first kappa shape index (κ1) is 89.1. The Morgan fingerprint density at radius 1 is 0.389 bits per heavy atom. The third-order valence-corrected chi connectivity index (χ3v) is 32.5. The first-order valence-corrected chi connectivity index (χ1v) is 44.5. The summed E-state index contributed by atoms with van der Waals surface area (Å²) in [5.74, 6) is 3.27. The Labute approximate surface area is 683 Å². The molecule has 1 heterocycles. The standard InChI is InChI=1S/C47H56O4Si.C31H38O4.C16H19ClSi.C4H6N2.CH3F/c1-46(2,3)52(44-25-17-13-18-26-44,45-27-19-14-20-28-45)51-38-22-11-9-7-6-8-10-21-37-50-47(39-23-15-12-16-24-39,40-29-33-42(48-4)34-30-40)41-31-35-43(49-5)36-32-41;1-33-29-20-16-27(17-21-29)31(26-14-10-9-11-15-26,28-18-22-30(34-2)23-19-28)35-25-13-8-6-4-3-5-7-12-24-32;1-16(2,3)18(17,14-10-6-4-7-11-14)15-12-8-5-9-13-15;1-6-3-2-5-4-6;1-2/h7,9,12-20,23-36H,6,8,10-11,21-22,37-38H2,1-5H3;3,5,9-11,14-23,32H,4,6-8,12-13,24-25H2,1-2H3;4-13H,1-3H3;2-4H,1H3;1H3/b9-7+;5-3+;;;/i;;;;1D. The first-order chi connectivity index (χ1) is 55.4. The second kappa shape index (κ2) is 47.9. The molecule has 0 spiro atoms. The maximum Gasteiger partial charge on any atom is 0.261 e. The Morgan fingerprint density at radius 3 is 0.947 bits per heavy atom. The number of ether oxygens (including phenoxy) is 6. The van der Waals surface area contributed by atoms with E-state index in [1.165, 1.54) is 20.7 Å². The third-order valence-electron chi connectivity index (χ3n) is 20.1. The van der Waals surface area contributed by atoms with Crippen molar-refractivity contribution >= 4 is 47.5 Å². The number of allylic oxidation sites excluding steroid dienone is 4. The summed E-state index contributed by atoms with van der Waals surface area (Å²) in [4.78, 5) is 3.78. The largest absolute Gasteiger partial charge is 0.497 e. The van der Waals surface area contributed by atoms with Gasteiger partial charge in [-0.2, -0.15) is 11.1 Å². The van der Waals surface area contributed by atoms with Crippen LogP contribution in [0.1, 0.15) is 153 Å². The van der Waals surface area contributed by atoms with Crippen molar-refractivity contribution in [2.24, 2.45) is 7.05 Å². The Hall–Kier alpha value is -9.42. The van der Waals surface area contributed by atoms with E-state index < -0.39 is 34.1 Å². The molecule has 0 fully saturated rings. The van der Waals surface area contributed by atoms with Gasteiger partial charge in [-0.15, -0.1) is 0 Å². The van der Waals surface area contributed by atoms with Gasteiger partial charge in [0.2, 0.25) is 7.38 Å². The van der Waals surface area contributed by atoms with Crippen molar-refractivity contribution in [3.05, 3.63) is 355 Å². The molecule has 0 saturated heterocycles. The van der Waals surface area contributed by atoms with Crippen LogP contribution in [-0.4, -0.2) is 92.4 Å². The number of aromatic nitrogens is 2. The fraction of sp³-hybridized carbons (Fsp3) is 0.323. The summed E-state index contributed by atoms with van der Waals surface area (Å²) in [7, 11) is 2.98. The van der Waals surface area contributed by atoms with E-state index in [1.54, 1.807) is 41.0 Å². The van der Waals surface area contributed by atoms with Crippen molar-refractivity contribution in [2.75, 3.05) is 62.0 Å². The number of methoxy groups -OCH3 is 4. The second-order valence-corrected chi connectivity index (χ2v) is 39.7. The molecule has 0 bridgehead atoms. The molecule has 0 aliphatic rings.